The predicted octanol–water partition coefficient (Wildman–Crippen LogP) is 4.59. The van der Waals surface area contributed by atoms with E-state index in [0.29, 0.717) is 12.2 Å². The first-order valence-corrected chi connectivity index (χ1v) is 10.6. The molecule has 0 spiro atoms. The molecule has 0 fully saturated rings. The Morgan fingerprint density at radius 1 is 0.769 bits per heavy atom. The van der Waals surface area contributed by atoms with Gasteiger partial charge in [-0.1, -0.05) is 77.6 Å². The third-order valence-electron chi connectivity index (χ3n) is 5.10. The van der Waals surface area contributed by atoms with Gasteiger partial charge in [0.15, 0.2) is 0 Å². The summed E-state index contributed by atoms with van der Waals surface area (Å²) in [5.41, 5.74) is 4.16. The number of hydrogen-bond donors (Lipinski definition) is 3. The highest BCUT2D eigenvalue weighted by atomic mass is 16.4. The molecule has 0 radical (unpaired) electrons. The monoisotopic (exact) mass is 371 g/mol. The van der Waals surface area contributed by atoms with E-state index in [4.69, 9.17) is 15.9 Å². The zero-order valence-corrected chi connectivity index (χ0v) is 16.8. The van der Waals surface area contributed by atoms with Crippen LogP contribution in [0.3, 0.4) is 0 Å². The van der Waals surface area contributed by atoms with E-state index in [2.05, 4.69) is 6.92 Å². The number of carbonyl (C=O) groups is 2. The van der Waals surface area contributed by atoms with E-state index < -0.39 is 18.1 Å². The highest BCUT2D eigenvalue weighted by Crippen LogP contribution is 2.16. The molecule has 0 aromatic carbocycles. The van der Waals surface area contributed by atoms with E-state index in [-0.39, 0.29) is 0 Å². The third-order valence-corrected chi connectivity index (χ3v) is 5.10. The van der Waals surface area contributed by atoms with Crippen molar-refractivity contribution in [3.05, 3.63) is 0 Å². The second-order valence-electron chi connectivity index (χ2n) is 7.65. The average molecular weight is 372 g/mol. The van der Waals surface area contributed by atoms with Crippen LogP contribution in [0.25, 0.3) is 0 Å². The van der Waals surface area contributed by atoms with Crippen LogP contribution in [-0.2, 0) is 9.59 Å². The molecule has 0 rings (SSSR count). The SMILES string of the molecule is CCCCCCC(=O)CCCCCCCCCCCC(N)(CO)C(=O)O. The second-order valence-corrected chi connectivity index (χ2v) is 7.65. The summed E-state index contributed by atoms with van der Waals surface area (Å²) in [7, 11) is 0. The number of hydrogen-bond acceptors (Lipinski definition) is 4. The van der Waals surface area contributed by atoms with Gasteiger partial charge in [0.2, 0.25) is 0 Å². The number of aliphatic hydroxyl groups is 1. The fourth-order valence-electron chi connectivity index (χ4n) is 3.13. The molecule has 0 aromatic heterocycles. The molecular weight excluding hydrogens is 330 g/mol. The molecule has 1 atom stereocenters. The lowest BCUT2D eigenvalue weighted by molar-refractivity contribution is -0.145. The van der Waals surface area contributed by atoms with Crippen LogP contribution in [0.4, 0.5) is 0 Å². The minimum atomic E-state index is -1.48. The van der Waals surface area contributed by atoms with Crippen molar-refractivity contribution in [1.82, 2.24) is 0 Å². The van der Waals surface area contributed by atoms with E-state index in [1.807, 2.05) is 0 Å². The molecule has 0 saturated carbocycles. The number of carboxylic acid groups (broad SMARTS) is 1. The molecule has 0 saturated heterocycles. The minimum absolute atomic E-state index is 0.325. The number of Topliss-reactive ketones (excluding diaryl/α,β-unsaturated/α-hetero) is 1. The Kier molecular flexibility index (Phi) is 15.7. The number of rotatable bonds is 19. The number of nitrogens with two attached hydrogens (primary N) is 1. The maximum absolute atomic E-state index is 11.7. The lowest BCUT2D eigenvalue weighted by Crippen LogP contribution is -2.51. The summed E-state index contributed by atoms with van der Waals surface area (Å²) in [5.74, 6) is -0.694. The molecule has 1 unspecified atom stereocenters. The summed E-state index contributed by atoms with van der Waals surface area (Å²) >= 11 is 0. The maximum atomic E-state index is 11.7. The van der Waals surface area contributed by atoms with E-state index in [1.54, 1.807) is 0 Å². The molecule has 0 heterocycles. The second kappa shape index (κ2) is 16.2. The minimum Gasteiger partial charge on any atom is -0.480 e. The lowest BCUT2D eigenvalue weighted by atomic mass is 9.94. The maximum Gasteiger partial charge on any atom is 0.326 e. The quantitative estimate of drug-likeness (QED) is 0.288. The first kappa shape index (κ1) is 25.1. The smallest absolute Gasteiger partial charge is 0.326 e. The van der Waals surface area contributed by atoms with Crippen LogP contribution in [-0.4, -0.2) is 34.1 Å². The normalized spacial score (nSPS) is 13.5. The Hall–Kier alpha value is -0.940. The number of carbonyl (C=O) groups excluding carboxylic acids is 1. The summed E-state index contributed by atoms with van der Waals surface area (Å²) in [6, 6.07) is 0. The number of aliphatic carboxylic acids is 1. The van der Waals surface area contributed by atoms with E-state index >= 15 is 0 Å². The zero-order valence-electron chi connectivity index (χ0n) is 16.8. The van der Waals surface area contributed by atoms with E-state index in [0.717, 1.165) is 57.8 Å². The number of unbranched alkanes of at least 4 members (excludes halogenated alkanes) is 11. The Morgan fingerprint density at radius 3 is 1.62 bits per heavy atom. The van der Waals surface area contributed by atoms with Crippen LogP contribution < -0.4 is 5.73 Å². The molecule has 0 aliphatic carbocycles. The Labute approximate surface area is 159 Å². The van der Waals surface area contributed by atoms with Crippen molar-refractivity contribution in [3.8, 4) is 0 Å². The van der Waals surface area contributed by atoms with Crippen LogP contribution in [0, 0.1) is 0 Å². The summed E-state index contributed by atoms with van der Waals surface area (Å²) in [5, 5.41) is 18.0. The van der Waals surface area contributed by atoms with Crippen molar-refractivity contribution in [2.24, 2.45) is 5.73 Å². The molecule has 0 aromatic rings. The Balaban J connectivity index is 3.36. The predicted molar refractivity (Wildman–Crippen MR) is 106 cm³/mol. The van der Waals surface area contributed by atoms with Gasteiger partial charge in [-0.15, -0.1) is 0 Å². The van der Waals surface area contributed by atoms with E-state index in [1.165, 1.54) is 38.5 Å². The van der Waals surface area contributed by atoms with Crippen molar-refractivity contribution in [2.45, 2.75) is 115 Å². The van der Waals surface area contributed by atoms with Gasteiger partial charge < -0.3 is 15.9 Å². The standard InChI is InChI=1S/C21H41NO4/c1-2-3-4-12-15-19(24)16-13-10-8-6-5-7-9-11-14-17-21(22,18-23)20(25)26/h23H,2-18,22H2,1H3,(H,25,26). The molecule has 154 valence electrons. The summed E-state index contributed by atoms with van der Waals surface area (Å²) in [6.07, 6.45) is 16.2. The Morgan fingerprint density at radius 2 is 1.19 bits per heavy atom. The molecular formula is C21H41NO4. The van der Waals surface area contributed by atoms with Gasteiger partial charge in [-0.2, -0.15) is 0 Å². The van der Waals surface area contributed by atoms with Crippen LogP contribution in [0.5, 0.6) is 0 Å². The topological polar surface area (TPSA) is 101 Å². The first-order valence-electron chi connectivity index (χ1n) is 10.6. The number of ketones is 1. The van der Waals surface area contributed by atoms with E-state index in [9.17, 15) is 9.59 Å². The van der Waals surface area contributed by atoms with Gasteiger partial charge in [0.25, 0.3) is 0 Å². The van der Waals surface area contributed by atoms with Gasteiger partial charge in [-0.05, 0) is 19.3 Å². The van der Waals surface area contributed by atoms with Gasteiger partial charge in [-0.3, -0.25) is 9.59 Å². The average Bonchev–Trinajstić information content (AvgIpc) is 2.62. The van der Waals surface area contributed by atoms with Gasteiger partial charge in [-0.25, -0.2) is 0 Å². The largest absolute Gasteiger partial charge is 0.480 e. The zero-order chi connectivity index (χ0) is 19.7. The fourth-order valence-corrected chi connectivity index (χ4v) is 3.13. The van der Waals surface area contributed by atoms with Gasteiger partial charge in [0.05, 0.1) is 6.61 Å². The number of aliphatic hydroxyl groups excluding tert-OH is 1. The van der Waals surface area contributed by atoms with Crippen molar-refractivity contribution in [1.29, 1.82) is 0 Å². The lowest BCUT2D eigenvalue weighted by Gasteiger charge is -2.21. The highest BCUT2D eigenvalue weighted by Gasteiger charge is 2.32. The first-order chi connectivity index (χ1) is 12.5. The van der Waals surface area contributed by atoms with Gasteiger partial charge in [0, 0.05) is 12.8 Å². The third kappa shape index (κ3) is 13.3. The van der Waals surface area contributed by atoms with Crippen molar-refractivity contribution < 1.29 is 19.8 Å². The van der Waals surface area contributed by atoms with Crippen LogP contribution in [0.15, 0.2) is 0 Å². The molecule has 26 heavy (non-hydrogen) atoms. The molecule has 0 aliphatic rings. The Bertz CT molecular complexity index is 373. The fraction of sp³-hybridized carbons (Fsp3) is 0.905. The molecule has 5 heteroatoms. The molecule has 0 amide bonds. The highest BCUT2D eigenvalue weighted by molar-refractivity contribution is 5.78. The van der Waals surface area contributed by atoms with Crippen LogP contribution in [0.1, 0.15) is 110 Å². The van der Waals surface area contributed by atoms with Crippen LogP contribution in [0.2, 0.25) is 0 Å². The summed E-state index contributed by atoms with van der Waals surface area (Å²) < 4.78 is 0. The summed E-state index contributed by atoms with van der Waals surface area (Å²) in [4.78, 5) is 22.7. The van der Waals surface area contributed by atoms with Crippen molar-refractivity contribution >= 4 is 11.8 Å². The van der Waals surface area contributed by atoms with Gasteiger partial charge >= 0.3 is 5.97 Å². The number of carboxylic acids is 1. The molecule has 0 aliphatic heterocycles. The van der Waals surface area contributed by atoms with Crippen molar-refractivity contribution in [3.63, 3.8) is 0 Å². The summed E-state index contributed by atoms with van der Waals surface area (Å²) in [6.45, 7) is 1.67. The molecule has 5 nitrogen and oxygen atoms in total. The van der Waals surface area contributed by atoms with Crippen molar-refractivity contribution in [2.75, 3.05) is 6.61 Å². The van der Waals surface area contributed by atoms with Crippen LogP contribution >= 0.6 is 0 Å². The molecule has 0 bridgehead atoms. The molecule has 4 N–H and O–H groups in total. The van der Waals surface area contributed by atoms with Gasteiger partial charge in [0.1, 0.15) is 11.3 Å².